The van der Waals surface area contributed by atoms with Gasteiger partial charge in [0, 0.05) is 68.2 Å². The zero-order valence-corrected chi connectivity index (χ0v) is 39.0. The first kappa shape index (κ1) is 46.0. The Balaban J connectivity index is 0.929. The van der Waals surface area contributed by atoms with Crippen molar-refractivity contribution in [3.8, 4) is 11.5 Å². The predicted octanol–water partition coefficient (Wildman–Crippen LogP) is 7.59. The lowest BCUT2D eigenvalue weighted by Gasteiger charge is -2.57. The van der Waals surface area contributed by atoms with Crippen LogP contribution in [0.25, 0.3) is 11.0 Å². The minimum absolute atomic E-state index is 0.0384. The number of primary amides is 1. The predicted molar refractivity (Wildman–Crippen MR) is 254 cm³/mol. The number of pyridine rings is 2. The first-order valence-electron chi connectivity index (χ1n) is 23.3. The lowest BCUT2D eigenvalue weighted by atomic mass is 9.70. The maximum absolute atomic E-state index is 14.1. The molecule has 1 spiro atoms. The van der Waals surface area contributed by atoms with Crippen molar-refractivity contribution < 1.29 is 32.8 Å². The van der Waals surface area contributed by atoms with E-state index in [2.05, 4.69) is 68.2 Å². The van der Waals surface area contributed by atoms with E-state index in [4.69, 9.17) is 10.5 Å². The van der Waals surface area contributed by atoms with Crippen molar-refractivity contribution in [1.29, 1.82) is 0 Å². The number of aromatic amines is 1. The molecule has 2 atom stereocenters. The number of rotatable bonds is 14. The van der Waals surface area contributed by atoms with Crippen LogP contribution in [0.1, 0.15) is 122 Å². The number of aliphatic hydroxyl groups is 1. The molecule has 0 bridgehead atoms. The highest BCUT2D eigenvalue weighted by Gasteiger charge is 2.49. The van der Waals surface area contributed by atoms with Gasteiger partial charge in [0.1, 0.15) is 16.3 Å². The third-order valence-electron chi connectivity index (χ3n) is 14.7. The fraction of sp³-hybridized carbons (Fsp3) is 0.469. The van der Waals surface area contributed by atoms with Crippen LogP contribution in [-0.4, -0.2) is 94.5 Å². The molecular weight excluding hydrogens is 875 g/mol. The topological polar surface area (TPSA) is 239 Å². The number of carbonyl (C=O) groups excluding carboxylic acids is 2. The summed E-state index contributed by atoms with van der Waals surface area (Å²) >= 11 is 0. The van der Waals surface area contributed by atoms with Gasteiger partial charge in [-0.25, -0.2) is 23.1 Å². The highest BCUT2D eigenvalue weighted by molar-refractivity contribution is 7.90. The van der Waals surface area contributed by atoms with E-state index < -0.39 is 42.9 Å². The van der Waals surface area contributed by atoms with E-state index in [1.165, 1.54) is 36.5 Å². The minimum atomic E-state index is -4.72. The van der Waals surface area contributed by atoms with E-state index in [1.54, 1.807) is 37.4 Å². The van der Waals surface area contributed by atoms with E-state index >= 15 is 0 Å². The molecule has 2 aliphatic carbocycles. The van der Waals surface area contributed by atoms with Crippen LogP contribution in [0.5, 0.6) is 11.5 Å². The van der Waals surface area contributed by atoms with Crippen LogP contribution in [0.15, 0.2) is 78.0 Å². The van der Waals surface area contributed by atoms with Crippen molar-refractivity contribution in [3.63, 3.8) is 0 Å². The first-order valence-corrected chi connectivity index (χ1v) is 24.8. The number of hydrogen-bond acceptors (Lipinski definition) is 13. The highest BCUT2D eigenvalue weighted by atomic mass is 32.2. The number of nitrogens with zero attached hydrogens (tertiary/aromatic N) is 5. The Kier molecular flexibility index (Phi) is 12.5. The van der Waals surface area contributed by atoms with Gasteiger partial charge in [-0.3, -0.25) is 24.6 Å². The Hall–Kier alpha value is -6.11. The monoisotopic (exact) mass is 933 g/mol. The third kappa shape index (κ3) is 9.56. The number of fused-ring (bicyclic) bond motifs is 1. The van der Waals surface area contributed by atoms with Crippen LogP contribution in [0, 0.1) is 21.4 Å². The lowest BCUT2D eigenvalue weighted by molar-refractivity contribution is -0.384. The number of likely N-dealkylation sites (tertiary alicyclic amines) is 1. The van der Waals surface area contributed by atoms with E-state index in [9.17, 15) is 33.2 Å². The summed E-state index contributed by atoms with van der Waals surface area (Å²) in [4.78, 5) is 53.9. The average Bonchev–Trinajstić information content (AvgIpc) is 3.97. The van der Waals surface area contributed by atoms with Gasteiger partial charge in [-0.15, -0.1) is 0 Å². The fourth-order valence-electron chi connectivity index (χ4n) is 10.9. The summed E-state index contributed by atoms with van der Waals surface area (Å²) in [6, 6.07) is 18.5. The number of nitrogens with two attached hydrogens (primary N) is 1. The molecule has 0 radical (unpaired) electrons. The Morgan fingerprint density at radius 3 is 2.48 bits per heavy atom. The molecule has 2 saturated carbocycles. The molecule has 4 fully saturated rings. The number of amides is 2. The van der Waals surface area contributed by atoms with Gasteiger partial charge in [0.15, 0.2) is 11.4 Å². The number of piperidine rings is 1. The molecule has 67 heavy (non-hydrogen) atoms. The van der Waals surface area contributed by atoms with Gasteiger partial charge in [0.05, 0.1) is 22.3 Å². The Labute approximate surface area is 390 Å². The molecule has 4 aliphatic rings. The fourth-order valence-corrected chi connectivity index (χ4v) is 11.8. The summed E-state index contributed by atoms with van der Waals surface area (Å²) in [5.41, 5.74) is 8.34. The number of hydrogen-bond donors (Lipinski definition) is 5. The molecule has 5 heterocycles. The SMILES string of the molecule is CC(C)c1ccccc1[C@H]1CCC[C@H]1N1CC2(CCN(c3ccc(C(=O)NS(=O)(=O)c4cnc(NCC5CCC(C)(O)CC5)c([N+](=O)[O-])c4)c(Oc4cc5cc[nH]c5nc4C(N)=O)c3)CC2)C1. The number of nitro groups is 1. The summed E-state index contributed by atoms with van der Waals surface area (Å²) in [5, 5.41) is 26.1. The van der Waals surface area contributed by atoms with Gasteiger partial charge in [-0.2, -0.15) is 0 Å². The molecule has 0 unspecified atom stereocenters. The van der Waals surface area contributed by atoms with E-state index in [1.807, 2.05) is 4.72 Å². The third-order valence-corrected chi connectivity index (χ3v) is 16.0. The van der Waals surface area contributed by atoms with E-state index in [0.29, 0.717) is 61.1 Å². The van der Waals surface area contributed by atoms with Gasteiger partial charge in [0.25, 0.3) is 21.8 Å². The summed E-state index contributed by atoms with van der Waals surface area (Å²) < 4.78 is 35.9. The number of benzene rings is 2. The van der Waals surface area contributed by atoms with Crippen LogP contribution in [0.4, 0.5) is 17.2 Å². The van der Waals surface area contributed by atoms with Crippen molar-refractivity contribution in [2.45, 2.75) is 107 Å². The Bertz CT molecular complexity index is 2800. The second kappa shape index (κ2) is 18.2. The summed E-state index contributed by atoms with van der Waals surface area (Å²) in [7, 11) is -4.72. The Morgan fingerprint density at radius 1 is 1.01 bits per heavy atom. The summed E-state index contributed by atoms with van der Waals surface area (Å²) in [6.45, 7) is 10.3. The number of sulfonamides is 1. The molecular formula is C49H59N9O8S. The quantitative estimate of drug-likeness (QED) is 0.0534. The molecule has 6 N–H and O–H groups in total. The van der Waals surface area contributed by atoms with Gasteiger partial charge >= 0.3 is 5.69 Å². The van der Waals surface area contributed by atoms with Gasteiger partial charge in [-0.1, -0.05) is 44.5 Å². The first-order chi connectivity index (χ1) is 32.0. The number of H-pyrrole nitrogens is 1. The smallest absolute Gasteiger partial charge is 0.312 e. The average molecular weight is 934 g/mol. The lowest BCUT2D eigenvalue weighted by Crippen LogP contribution is -2.63. The molecule has 2 saturated heterocycles. The number of anilines is 2. The number of aromatic nitrogens is 3. The largest absolute Gasteiger partial charge is 0.454 e. The van der Waals surface area contributed by atoms with Crippen LogP contribution >= 0.6 is 0 Å². The minimum Gasteiger partial charge on any atom is -0.454 e. The molecule has 354 valence electrons. The van der Waals surface area contributed by atoms with Crippen molar-refractivity contribution >= 4 is 50.1 Å². The van der Waals surface area contributed by atoms with Crippen molar-refractivity contribution in [1.82, 2.24) is 24.6 Å². The summed E-state index contributed by atoms with van der Waals surface area (Å²) in [5.74, 6) is -1.00. The highest BCUT2D eigenvalue weighted by Crippen LogP contribution is 2.49. The standard InChI is InChI=1S/C49H59N9O8S/c1-30(2)35-7-4-5-8-36(35)37-9-6-10-39(37)57-28-49(29-57)18-21-56(22-19-49)33-11-12-38(41(24-33)66-42-23-32-15-20-51-45(32)54-43(42)44(50)59)47(60)55-67(64,65)34-25-40(58(62)63)46(53-27-34)52-26-31-13-16-48(3,61)17-14-31/h4-5,7-8,11-12,15,20,23-25,27,30-31,37,39,61H,6,9-10,13-14,16-19,21-22,26,28-29H2,1-3H3,(H2,50,59)(H,51,54)(H,52,53)(H,55,60)/t31?,37-,39-,48?/m1/s1. The van der Waals surface area contributed by atoms with E-state index in [0.717, 1.165) is 57.0 Å². The molecule has 3 aromatic heterocycles. The van der Waals surface area contributed by atoms with Crippen molar-refractivity contribution in [2.75, 3.05) is 42.9 Å². The zero-order chi connectivity index (χ0) is 47.3. The molecule has 2 aromatic carbocycles. The normalized spacial score (nSPS) is 23.0. The number of ether oxygens (including phenoxy) is 1. The molecule has 17 nitrogen and oxygen atoms in total. The molecule has 9 rings (SSSR count). The molecule has 2 amide bonds. The Morgan fingerprint density at radius 2 is 1.76 bits per heavy atom. The van der Waals surface area contributed by atoms with Gasteiger partial charge in [0.2, 0.25) is 5.82 Å². The molecule has 5 aromatic rings. The van der Waals surface area contributed by atoms with Crippen LogP contribution in [0.3, 0.4) is 0 Å². The van der Waals surface area contributed by atoms with Crippen molar-refractivity contribution in [3.05, 3.63) is 106 Å². The maximum atomic E-state index is 14.1. The van der Waals surface area contributed by atoms with Crippen molar-refractivity contribution in [2.24, 2.45) is 17.1 Å². The van der Waals surface area contributed by atoms with Crippen LogP contribution < -0.4 is 25.4 Å². The maximum Gasteiger partial charge on any atom is 0.312 e. The second-order valence-corrected chi connectivity index (χ2v) is 21.4. The summed E-state index contributed by atoms with van der Waals surface area (Å²) in [6.07, 6.45) is 10.8. The molecule has 2 aliphatic heterocycles. The van der Waals surface area contributed by atoms with E-state index in [-0.39, 0.29) is 39.9 Å². The number of carbonyl (C=O) groups is 2. The van der Waals surface area contributed by atoms with Crippen LogP contribution in [0.2, 0.25) is 0 Å². The second-order valence-electron chi connectivity index (χ2n) is 19.7. The number of nitrogens with one attached hydrogen (secondary N) is 3. The van der Waals surface area contributed by atoms with Crippen LogP contribution in [-0.2, 0) is 10.0 Å². The van der Waals surface area contributed by atoms with Gasteiger partial charge in [-0.05, 0) is 117 Å². The molecule has 18 heteroatoms. The van der Waals surface area contributed by atoms with Gasteiger partial charge < -0.3 is 30.8 Å². The zero-order valence-electron chi connectivity index (χ0n) is 38.2.